The van der Waals surface area contributed by atoms with Gasteiger partial charge in [-0.1, -0.05) is 0 Å². The highest BCUT2D eigenvalue weighted by Gasteiger charge is 2.25. The molecule has 4 nitrogen and oxygen atoms in total. The largest absolute Gasteiger partial charge is 0.497 e. The maximum atomic E-state index is 9.44. The molecular weight excluding hydrogens is 218 g/mol. The Hall–Kier alpha value is -1.26. The van der Waals surface area contributed by atoms with Crippen LogP contribution < -0.4 is 14.8 Å². The fraction of sp³-hybridized carbons (Fsp3) is 0.538. The van der Waals surface area contributed by atoms with E-state index in [1.165, 1.54) is 12.8 Å². The van der Waals surface area contributed by atoms with Crippen LogP contribution in [0.25, 0.3) is 0 Å². The number of aliphatic hydroxyl groups is 1. The van der Waals surface area contributed by atoms with Gasteiger partial charge in [0.05, 0.1) is 26.9 Å². The quantitative estimate of drug-likeness (QED) is 0.787. The number of hydrogen-bond acceptors (Lipinski definition) is 4. The zero-order valence-corrected chi connectivity index (χ0v) is 10.3. The minimum atomic E-state index is -0.0495. The summed E-state index contributed by atoms with van der Waals surface area (Å²) in [5.74, 6) is 1.49. The standard InChI is InChI=1S/C13H19NO3/c1-16-11-5-9(6-12(7-11)17-2)13(8-15)14-10-3-4-10/h5-7,10,13-15H,3-4,8H2,1-2H3. The van der Waals surface area contributed by atoms with Gasteiger partial charge in [-0.3, -0.25) is 0 Å². The van der Waals surface area contributed by atoms with Gasteiger partial charge in [-0.05, 0) is 30.5 Å². The first-order chi connectivity index (χ1) is 8.26. The molecule has 2 rings (SSSR count). The Labute approximate surface area is 102 Å². The molecule has 1 aliphatic carbocycles. The molecule has 1 aromatic rings. The maximum Gasteiger partial charge on any atom is 0.122 e. The molecule has 1 fully saturated rings. The Morgan fingerprint density at radius 1 is 1.24 bits per heavy atom. The van der Waals surface area contributed by atoms with Gasteiger partial charge < -0.3 is 19.9 Å². The monoisotopic (exact) mass is 237 g/mol. The fourth-order valence-corrected chi connectivity index (χ4v) is 1.82. The molecule has 0 aromatic heterocycles. The lowest BCUT2D eigenvalue weighted by molar-refractivity contribution is 0.242. The average Bonchev–Trinajstić information content (AvgIpc) is 3.19. The number of rotatable bonds is 6. The van der Waals surface area contributed by atoms with Crippen molar-refractivity contribution < 1.29 is 14.6 Å². The van der Waals surface area contributed by atoms with E-state index in [0.717, 1.165) is 17.1 Å². The number of hydrogen-bond donors (Lipinski definition) is 2. The summed E-state index contributed by atoms with van der Waals surface area (Å²) in [4.78, 5) is 0. The second-order valence-electron chi connectivity index (χ2n) is 4.32. The van der Waals surface area contributed by atoms with Crippen LogP contribution in [0.5, 0.6) is 11.5 Å². The molecule has 4 heteroatoms. The Kier molecular flexibility index (Phi) is 3.86. The van der Waals surface area contributed by atoms with E-state index in [1.807, 2.05) is 18.2 Å². The van der Waals surface area contributed by atoms with Gasteiger partial charge in [0.25, 0.3) is 0 Å². The second-order valence-corrected chi connectivity index (χ2v) is 4.32. The van der Waals surface area contributed by atoms with E-state index in [0.29, 0.717) is 6.04 Å². The Morgan fingerprint density at radius 2 is 1.82 bits per heavy atom. The third kappa shape index (κ3) is 3.11. The van der Waals surface area contributed by atoms with Crippen LogP contribution in [-0.2, 0) is 0 Å². The average molecular weight is 237 g/mol. The van der Waals surface area contributed by atoms with Crippen molar-refractivity contribution in [2.75, 3.05) is 20.8 Å². The van der Waals surface area contributed by atoms with Crippen molar-refractivity contribution in [3.05, 3.63) is 23.8 Å². The first kappa shape index (κ1) is 12.2. The molecule has 0 bridgehead atoms. The van der Waals surface area contributed by atoms with E-state index in [2.05, 4.69) is 5.32 Å². The molecule has 0 saturated heterocycles. The molecule has 0 amide bonds. The molecule has 1 atom stereocenters. The van der Waals surface area contributed by atoms with Crippen molar-refractivity contribution in [2.24, 2.45) is 0 Å². The summed E-state index contributed by atoms with van der Waals surface area (Å²) in [5.41, 5.74) is 0.996. The molecular formula is C13H19NO3. The zero-order chi connectivity index (χ0) is 12.3. The Bertz CT molecular complexity index is 355. The van der Waals surface area contributed by atoms with E-state index in [4.69, 9.17) is 9.47 Å². The fourth-order valence-electron chi connectivity index (χ4n) is 1.82. The van der Waals surface area contributed by atoms with Crippen LogP contribution in [0.2, 0.25) is 0 Å². The van der Waals surface area contributed by atoms with E-state index < -0.39 is 0 Å². The summed E-state index contributed by atoms with van der Waals surface area (Å²) in [6.07, 6.45) is 2.38. The van der Waals surface area contributed by atoms with Crippen molar-refractivity contribution in [1.82, 2.24) is 5.32 Å². The SMILES string of the molecule is COc1cc(OC)cc(C(CO)NC2CC2)c1. The third-order valence-corrected chi connectivity index (χ3v) is 2.97. The van der Waals surface area contributed by atoms with Gasteiger partial charge in [-0.25, -0.2) is 0 Å². The van der Waals surface area contributed by atoms with Gasteiger partial charge in [0, 0.05) is 12.1 Å². The Morgan fingerprint density at radius 3 is 2.24 bits per heavy atom. The first-order valence-electron chi connectivity index (χ1n) is 5.86. The van der Waals surface area contributed by atoms with Gasteiger partial charge in [-0.15, -0.1) is 0 Å². The molecule has 1 aliphatic rings. The minimum Gasteiger partial charge on any atom is -0.497 e. The summed E-state index contributed by atoms with van der Waals surface area (Å²) in [7, 11) is 3.25. The summed E-state index contributed by atoms with van der Waals surface area (Å²) in [6, 6.07) is 6.18. The zero-order valence-electron chi connectivity index (χ0n) is 10.3. The number of methoxy groups -OCH3 is 2. The smallest absolute Gasteiger partial charge is 0.122 e. The van der Waals surface area contributed by atoms with Crippen molar-refractivity contribution in [1.29, 1.82) is 0 Å². The van der Waals surface area contributed by atoms with Crippen LogP contribution in [0.15, 0.2) is 18.2 Å². The molecule has 0 heterocycles. The number of aliphatic hydroxyl groups excluding tert-OH is 1. The number of ether oxygens (including phenoxy) is 2. The second kappa shape index (κ2) is 5.38. The number of benzene rings is 1. The van der Waals surface area contributed by atoms with E-state index in [1.54, 1.807) is 14.2 Å². The van der Waals surface area contributed by atoms with E-state index in [-0.39, 0.29) is 12.6 Å². The third-order valence-electron chi connectivity index (χ3n) is 2.97. The van der Waals surface area contributed by atoms with Crippen LogP contribution in [0.4, 0.5) is 0 Å². The molecule has 1 aromatic carbocycles. The first-order valence-corrected chi connectivity index (χ1v) is 5.86. The molecule has 1 saturated carbocycles. The van der Waals surface area contributed by atoms with Crippen molar-refractivity contribution in [3.8, 4) is 11.5 Å². The van der Waals surface area contributed by atoms with E-state index in [9.17, 15) is 5.11 Å². The lowest BCUT2D eigenvalue weighted by Crippen LogP contribution is -2.26. The summed E-state index contributed by atoms with van der Waals surface area (Å²) >= 11 is 0. The van der Waals surface area contributed by atoms with Crippen molar-refractivity contribution in [2.45, 2.75) is 24.9 Å². The molecule has 94 valence electrons. The van der Waals surface area contributed by atoms with Crippen LogP contribution in [0.1, 0.15) is 24.4 Å². The predicted octanol–water partition coefficient (Wildman–Crippen LogP) is 1.49. The van der Waals surface area contributed by atoms with Crippen LogP contribution in [0, 0.1) is 0 Å². The Balaban J connectivity index is 2.20. The molecule has 0 aliphatic heterocycles. The molecule has 17 heavy (non-hydrogen) atoms. The maximum absolute atomic E-state index is 9.44. The van der Waals surface area contributed by atoms with Gasteiger partial charge in [0.1, 0.15) is 11.5 Å². The van der Waals surface area contributed by atoms with Gasteiger partial charge in [-0.2, -0.15) is 0 Å². The van der Waals surface area contributed by atoms with Crippen LogP contribution >= 0.6 is 0 Å². The van der Waals surface area contributed by atoms with Crippen LogP contribution in [0.3, 0.4) is 0 Å². The summed E-state index contributed by atoms with van der Waals surface area (Å²) in [6.45, 7) is 0.0762. The minimum absolute atomic E-state index is 0.0495. The molecule has 2 N–H and O–H groups in total. The summed E-state index contributed by atoms with van der Waals surface area (Å²) < 4.78 is 10.4. The van der Waals surface area contributed by atoms with Crippen molar-refractivity contribution in [3.63, 3.8) is 0 Å². The lowest BCUT2D eigenvalue weighted by Gasteiger charge is -2.18. The van der Waals surface area contributed by atoms with Crippen LogP contribution in [-0.4, -0.2) is 32.0 Å². The van der Waals surface area contributed by atoms with Gasteiger partial charge >= 0.3 is 0 Å². The molecule has 0 spiro atoms. The highest BCUT2D eigenvalue weighted by molar-refractivity contribution is 5.40. The highest BCUT2D eigenvalue weighted by Crippen LogP contribution is 2.29. The summed E-state index contributed by atoms with van der Waals surface area (Å²) in [5, 5.41) is 12.8. The van der Waals surface area contributed by atoms with Gasteiger partial charge in [0.2, 0.25) is 0 Å². The topological polar surface area (TPSA) is 50.7 Å². The van der Waals surface area contributed by atoms with Crippen molar-refractivity contribution >= 4 is 0 Å². The van der Waals surface area contributed by atoms with Gasteiger partial charge in [0.15, 0.2) is 0 Å². The lowest BCUT2D eigenvalue weighted by atomic mass is 10.1. The molecule has 1 unspecified atom stereocenters. The number of nitrogens with one attached hydrogen (secondary N) is 1. The van der Waals surface area contributed by atoms with E-state index >= 15 is 0 Å². The molecule has 0 radical (unpaired) electrons. The highest BCUT2D eigenvalue weighted by atomic mass is 16.5. The predicted molar refractivity (Wildman–Crippen MR) is 65.5 cm³/mol. The normalized spacial score (nSPS) is 16.6.